The molecule has 3 unspecified atom stereocenters. The molecule has 3 aromatic heterocycles. The zero-order valence-corrected chi connectivity index (χ0v) is 18.6. The number of nitrogens with zero attached hydrogens (tertiary/aromatic N) is 6. The summed E-state index contributed by atoms with van der Waals surface area (Å²) in [6.45, 7) is 5.65. The fraction of sp³-hybridized carbons (Fsp3) is 0.500. The van der Waals surface area contributed by atoms with Gasteiger partial charge in [-0.15, -0.1) is 5.10 Å². The first kappa shape index (κ1) is 21.6. The number of alkyl halides is 2. The minimum atomic E-state index is -3.20. The van der Waals surface area contributed by atoms with Crippen molar-refractivity contribution in [3.05, 3.63) is 35.5 Å². The van der Waals surface area contributed by atoms with E-state index in [0.717, 1.165) is 18.7 Å². The monoisotopic (exact) mass is 457 g/mol. The molecular formula is C22H25F2N7O2. The van der Waals surface area contributed by atoms with E-state index in [9.17, 15) is 13.6 Å². The Labute approximate surface area is 189 Å². The highest BCUT2D eigenvalue weighted by Gasteiger charge is 2.40. The van der Waals surface area contributed by atoms with Crippen LogP contribution in [0.5, 0.6) is 0 Å². The van der Waals surface area contributed by atoms with Gasteiger partial charge in [0.25, 0.3) is 0 Å². The lowest BCUT2D eigenvalue weighted by Gasteiger charge is -2.47. The maximum Gasteiger partial charge on any atom is 0.303 e. The Hall–Kier alpha value is -3.21. The molecule has 3 fully saturated rings. The van der Waals surface area contributed by atoms with Crippen LogP contribution in [0.25, 0.3) is 16.7 Å². The quantitative estimate of drug-likeness (QED) is 0.605. The second-order valence-electron chi connectivity index (χ2n) is 8.79. The van der Waals surface area contributed by atoms with Crippen molar-refractivity contribution >= 4 is 22.6 Å². The zero-order chi connectivity index (χ0) is 23.5. The van der Waals surface area contributed by atoms with E-state index in [0.29, 0.717) is 42.2 Å². The number of anilines is 1. The molecule has 3 aliphatic rings. The summed E-state index contributed by atoms with van der Waals surface area (Å²) < 4.78 is 35.6. The van der Waals surface area contributed by atoms with E-state index in [1.807, 2.05) is 6.92 Å². The van der Waals surface area contributed by atoms with Crippen molar-refractivity contribution in [2.75, 3.05) is 18.0 Å². The lowest BCUT2D eigenvalue weighted by Crippen LogP contribution is -2.57. The molecule has 0 spiro atoms. The first-order valence-electron chi connectivity index (χ1n) is 11.0. The van der Waals surface area contributed by atoms with Crippen LogP contribution in [0.2, 0.25) is 0 Å². The molecule has 1 amide bonds. The average molecular weight is 457 g/mol. The Kier molecular flexibility index (Phi) is 5.04. The normalized spacial score (nSPS) is 21.2. The Morgan fingerprint density at radius 2 is 2.00 bits per heavy atom. The summed E-state index contributed by atoms with van der Waals surface area (Å²) in [5.41, 5.74) is 7.04. The summed E-state index contributed by atoms with van der Waals surface area (Å²) in [7, 11) is 0. The number of carbonyl (C=O) groups excluding carboxylic acids is 1. The number of aromatic nitrogens is 5. The summed E-state index contributed by atoms with van der Waals surface area (Å²) >= 11 is 0. The van der Waals surface area contributed by atoms with Crippen molar-refractivity contribution in [2.24, 2.45) is 5.73 Å². The second kappa shape index (κ2) is 7.68. The molecule has 3 aliphatic heterocycles. The van der Waals surface area contributed by atoms with E-state index >= 15 is 0 Å². The first-order valence-corrected chi connectivity index (χ1v) is 11.0. The third kappa shape index (κ3) is 3.79. The van der Waals surface area contributed by atoms with Gasteiger partial charge in [-0.3, -0.25) is 9.78 Å². The Morgan fingerprint density at radius 1 is 1.30 bits per heavy atom. The Bertz CT molecular complexity index is 1220. The Balaban J connectivity index is 1.70. The largest absolute Gasteiger partial charge is 0.371 e. The number of hydrogen-bond acceptors (Lipinski definition) is 7. The number of fused-ring (bicyclic) bond motifs is 3. The summed E-state index contributed by atoms with van der Waals surface area (Å²) in [5.74, 6) is -3.99. The molecule has 2 bridgehead atoms. The van der Waals surface area contributed by atoms with Crippen LogP contribution >= 0.6 is 0 Å². The highest BCUT2D eigenvalue weighted by atomic mass is 19.3. The molecule has 0 aliphatic carbocycles. The number of aryl methyl sites for hydroxylation is 1. The van der Waals surface area contributed by atoms with E-state index in [4.69, 9.17) is 15.6 Å². The summed E-state index contributed by atoms with van der Waals surface area (Å²) in [4.78, 5) is 26.5. The first-order chi connectivity index (χ1) is 15.6. The molecule has 174 valence electrons. The van der Waals surface area contributed by atoms with Crippen LogP contribution in [0, 0.1) is 0 Å². The number of rotatable bonds is 6. The van der Waals surface area contributed by atoms with Crippen LogP contribution < -0.4 is 10.6 Å². The molecule has 3 saturated heterocycles. The van der Waals surface area contributed by atoms with Crippen LogP contribution in [0.15, 0.2) is 18.3 Å². The highest BCUT2D eigenvalue weighted by molar-refractivity contribution is 5.92. The van der Waals surface area contributed by atoms with Crippen molar-refractivity contribution in [1.82, 2.24) is 24.7 Å². The van der Waals surface area contributed by atoms with Crippen LogP contribution in [-0.2, 0) is 21.9 Å². The van der Waals surface area contributed by atoms with Gasteiger partial charge in [0.05, 0.1) is 34.7 Å². The maximum absolute atomic E-state index is 14.1. The number of morpholine rings is 1. The molecule has 9 nitrogen and oxygen atoms in total. The third-order valence-corrected chi connectivity index (χ3v) is 6.23. The smallest absolute Gasteiger partial charge is 0.303 e. The molecule has 2 N–H and O–H groups in total. The number of piperidine rings is 1. The van der Waals surface area contributed by atoms with Crippen LogP contribution in [0.3, 0.4) is 0 Å². The fourth-order valence-electron chi connectivity index (χ4n) is 4.30. The van der Waals surface area contributed by atoms with Gasteiger partial charge in [0.2, 0.25) is 11.7 Å². The van der Waals surface area contributed by atoms with E-state index < -0.39 is 23.6 Å². The molecule has 11 heteroatoms. The number of hydrogen-bond donors (Lipinski definition) is 1. The minimum absolute atomic E-state index is 0.155. The van der Waals surface area contributed by atoms with Crippen molar-refractivity contribution < 1.29 is 18.3 Å². The van der Waals surface area contributed by atoms with Crippen molar-refractivity contribution in [3.8, 4) is 5.82 Å². The van der Waals surface area contributed by atoms with E-state index in [1.54, 1.807) is 25.3 Å². The summed E-state index contributed by atoms with van der Waals surface area (Å²) in [6.07, 6.45) is 3.45. The topological polar surface area (TPSA) is 112 Å². The van der Waals surface area contributed by atoms with Gasteiger partial charge in [-0.2, -0.15) is 8.78 Å². The number of halogens is 2. The molecule has 0 aromatic carbocycles. The third-order valence-electron chi connectivity index (χ3n) is 6.23. The number of primary amides is 1. The lowest BCUT2D eigenvalue weighted by molar-refractivity contribution is -0.133. The molecule has 0 radical (unpaired) electrons. The number of amides is 1. The van der Waals surface area contributed by atoms with Gasteiger partial charge >= 0.3 is 5.92 Å². The van der Waals surface area contributed by atoms with Crippen LogP contribution in [0.4, 0.5) is 14.6 Å². The maximum atomic E-state index is 14.1. The van der Waals surface area contributed by atoms with Gasteiger partial charge in [0.1, 0.15) is 0 Å². The van der Waals surface area contributed by atoms with Crippen molar-refractivity contribution in [2.45, 2.75) is 57.7 Å². The molecule has 3 aromatic rings. The van der Waals surface area contributed by atoms with Gasteiger partial charge in [0.15, 0.2) is 11.6 Å². The molecule has 6 heterocycles. The van der Waals surface area contributed by atoms with E-state index in [-0.39, 0.29) is 18.0 Å². The van der Waals surface area contributed by atoms with Gasteiger partial charge in [-0.25, -0.2) is 14.6 Å². The Morgan fingerprint density at radius 3 is 2.61 bits per heavy atom. The zero-order valence-electron chi connectivity index (χ0n) is 18.6. The number of pyridine rings is 1. The van der Waals surface area contributed by atoms with E-state index in [1.165, 1.54) is 4.68 Å². The van der Waals surface area contributed by atoms with Crippen LogP contribution in [0.1, 0.15) is 50.3 Å². The van der Waals surface area contributed by atoms with Crippen molar-refractivity contribution in [1.29, 1.82) is 0 Å². The highest BCUT2D eigenvalue weighted by Crippen LogP contribution is 2.36. The number of nitrogens with two attached hydrogens (primary N) is 1. The molecule has 0 saturated carbocycles. The average Bonchev–Trinajstić information content (AvgIpc) is 3.16. The second-order valence-corrected chi connectivity index (χ2v) is 8.79. The van der Waals surface area contributed by atoms with Gasteiger partial charge in [-0.1, -0.05) is 6.92 Å². The van der Waals surface area contributed by atoms with E-state index in [2.05, 4.69) is 19.9 Å². The van der Waals surface area contributed by atoms with Gasteiger partial charge in [-0.05, 0) is 19.4 Å². The van der Waals surface area contributed by atoms with Gasteiger partial charge < -0.3 is 15.4 Å². The van der Waals surface area contributed by atoms with Crippen LogP contribution in [-0.4, -0.2) is 55.9 Å². The SMILES string of the molecule is CCc1cc(-n2nc(N3CC4CC(C3)O4)c3cnc(C(C)C(N)=O)cc32)nc(C(C)(F)F)n1. The van der Waals surface area contributed by atoms with Gasteiger partial charge in [0, 0.05) is 44.4 Å². The molecule has 3 atom stereocenters. The summed E-state index contributed by atoms with van der Waals surface area (Å²) in [5, 5.41) is 5.51. The lowest BCUT2D eigenvalue weighted by atomic mass is 9.98. The number of carbonyl (C=O) groups is 1. The number of ether oxygens (including phenoxy) is 1. The molecule has 6 rings (SSSR count). The summed E-state index contributed by atoms with van der Waals surface area (Å²) in [6, 6.07) is 3.37. The molecule has 33 heavy (non-hydrogen) atoms. The minimum Gasteiger partial charge on any atom is -0.371 e. The molecular weight excluding hydrogens is 432 g/mol. The fourth-order valence-corrected chi connectivity index (χ4v) is 4.30. The predicted octanol–water partition coefficient (Wildman–Crippen LogP) is 2.45. The standard InChI is InChI=1S/C22H25F2N7O2/c1-4-12-5-18(28-21(27-12)22(3,23)24)31-17-7-16(11(2)19(25)32)26-8-15(17)20(29-31)30-9-13-6-14(10-30)33-13/h5,7-8,11,13-14H,4,6,9-10H2,1-3H3,(H2,25,32). The van der Waals surface area contributed by atoms with Crippen molar-refractivity contribution in [3.63, 3.8) is 0 Å². The predicted molar refractivity (Wildman–Crippen MR) is 117 cm³/mol.